The molecule has 1 aliphatic rings. The predicted octanol–water partition coefficient (Wildman–Crippen LogP) is 3.38. The van der Waals surface area contributed by atoms with Crippen LogP contribution in [0, 0.1) is 0 Å². The minimum absolute atomic E-state index is 0.0312. The molecule has 132 valence electrons. The topological polar surface area (TPSA) is 68.7 Å². The Balaban J connectivity index is 2.24. The maximum atomic E-state index is 12.4. The van der Waals surface area contributed by atoms with Crippen molar-refractivity contribution in [3.05, 3.63) is 71.2 Å². The summed E-state index contributed by atoms with van der Waals surface area (Å²) in [5, 5.41) is 1.22. The van der Waals surface area contributed by atoms with Crippen LogP contribution in [0.3, 0.4) is 0 Å². The number of rotatable bonds is 3. The SMILES string of the molecule is COC(=O)C1=C(C(=O)OC)N(c2cc(Cl)c3ncccc3c2)C=CC=C1. The molecular weight excluding hydrogens is 356 g/mol. The molecule has 2 heterocycles. The van der Waals surface area contributed by atoms with Crippen LogP contribution in [0.5, 0.6) is 0 Å². The molecule has 0 saturated carbocycles. The highest BCUT2D eigenvalue weighted by Crippen LogP contribution is 2.32. The normalized spacial score (nSPS) is 13.7. The van der Waals surface area contributed by atoms with Crippen molar-refractivity contribution in [3.8, 4) is 0 Å². The van der Waals surface area contributed by atoms with Gasteiger partial charge < -0.3 is 14.4 Å². The average Bonchev–Trinajstić information content (AvgIpc) is 2.89. The van der Waals surface area contributed by atoms with Crippen LogP contribution >= 0.6 is 11.6 Å². The summed E-state index contributed by atoms with van der Waals surface area (Å²) in [4.78, 5) is 30.4. The van der Waals surface area contributed by atoms with E-state index in [-0.39, 0.29) is 11.3 Å². The number of methoxy groups -OCH3 is 2. The van der Waals surface area contributed by atoms with Crippen LogP contribution in [0.15, 0.2) is 66.2 Å². The van der Waals surface area contributed by atoms with Gasteiger partial charge in [-0.25, -0.2) is 9.59 Å². The zero-order chi connectivity index (χ0) is 18.7. The number of benzene rings is 1. The first-order valence-corrected chi connectivity index (χ1v) is 8.04. The van der Waals surface area contributed by atoms with Crippen molar-refractivity contribution < 1.29 is 19.1 Å². The molecule has 0 N–H and O–H groups in total. The van der Waals surface area contributed by atoms with Crippen molar-refractivity contribution in [2.45, 2.75) is 0 Å². The number of carbonyl (C=O) groups excluding carboxylic acids is 2. The fourth-order valence-electron chi connectivity index (χ4n) is 2.64. The Morgan fingerprint density at radius 2 is 1.88 bits per heavy atom. The van der Waals surface area contributed by atoms with Gasteiger partial charge >= 0.3 is 11.9 Å². The third-order valence-electron chi connectivity index (χ3n) is 3.81. The summed E-state index contributed by atoms with van der Waals surface area (Å²) in [5.41, 5.74) is 1.33. The summed E-state index contributed by atoms with van der Waals surface area (Å²) in [5.74, 6) is -1.33. The van der Waals surface area contributed by atoms with Crippen molar-refractivity contribution in [1.82, 2.24) is 4.98 Å². The molecule has 0 atom stereocenters. The quantitative estimate of drug-likeness (QED) is 0.771. The molecule has 26 heavy (non-hydrogen) atoms. The molecule has 0 amide bonds. The number of pyridine rings is 1. The molecule has 1 aromatic carbocycles. The summed E-state index contributed by atoms with van der Waals surface area (Å²) in [7, 11) is 2.50. The minimum Gasteiger partial charge on any atom is -0.465 e. The van der Waals surface area contributed by atoms with Gasteiger partial charge in [0.05, 0.1) is 30.3 Å². The standard InChI is InChI=1S/C19H15ClN2O4/c1-25-18(23)14-7-3-4-9-22(17(14)19(24)26-2)13-10-12-6-5-8-21-16(12)15(20)11-13/h3-11H,1-2H3. The molecule has 0 saturated heterocycles. The number of allylic oxidation sites excluding steroid dienone is 2. The highest BCUT2D eigenvalue weighted by atomic mass is 35.5. The van der Waals surface area contributed by atoms with Gasteiger partial charge in [0.1, 0.15) is 5.70 Å². The lowest BCUT2D eigenvalue weighted by atomic mass is 10.1. The molecule has 2 aromatic rings. The van der Waals surface area contributed by atoms with Crippen molar-refractivity contribution >= 4 is 40.1 Å². The van der Waals surface area contributed by atoms with E-state index in [2.05, 4.69) is 4.98 Å². The Bertz CT molecular complexity index is 979. The Hall–Kier alpha value is -3.12. The van der Waals surface area contributed by atoms with Gasteiger partial charge in [0.25, 0.3) is 0 Å². The van der Waals surface area contributed by atoms with Gasteiger partial charge in [-0.05, 0) is 30.4 Å². The van der Waals surface area contributed by atoms with Gasteiger partial charge in [-0.3, -0.25) is 4.98 Å². The number of halogens is 1. The first-order valence-electron chi connectivity index (χ1n) is 7.66. The summed E-state index contributed by atoms with van der Waals surface area (Å²) in [6, 6.07) is 7.14. The molecular formula is C19H15ClN2O4. The van der Waals surface area contributed by atoms with E-state index in [1.165, 1.54) is 25.2 Å². The molecule has 3 rings (SSSR count). The highest BCUT2D eigenvalue weighted by Gasteiger charge is 2.27. The molecule has 6 nitrogen and oxygen atoms in total. The van der Waals surface area contributed by atoms with Crippen molar-refractivity contribution in [2.75, 3.05) is 19.1 Å². The van der Waals surface area contributed by atoms with Crippen LogP contribution in [0.2, 0.25) is 5.02 Å². The Morgan fingerprint density at radius 3 is 2.62 bits per heavy atom. The maximum Gasteiger partial charge on any atom is 0.355 e. The third-order valence-corrected chi connectivity index (χ3v) is 4.10. The van der Waals surface area contributed by atoms with E-state index in [0.717, 1.165) is 5.39 Å². The molecule has 0 aliphatic carbocycles. The smallest absolute Gasteiger partial charge is 0.355 e. The molecule has 0 radical (unpaired) electrons. The fraction of sp³-hybridized carbons (Fsp3) is 0.105. The fourth-order valence-corrected chi connectivity index (χ4v) is 2.91. The number of hydrogen-bond acceptors (Lipinski definition) is 6. The zero-order valence-electron chi connectivity index (χ0n) is 14.1. The maximum absolute atomic E-state index is 12.4. The Kier molecular flexibility index (Phi) is 5.04. The van der Waals surface area contributed by atoms with Crippen molar-refractivity contribution in [3.63, 3.8) is 0 Å². The number of anilines is 1. The number of carbonyl (C=O) groups is 2. The van der Waals surface area contributed by atoms with E-state index in [0.29, 0.717) is 16.2 Å². The number of esters is 2. The largest absolute Gasteiger partial charge is 0.465 e. The number of nitrogens with zero attached hydrogens (tertiary/aromatic N) is 2. The molecule has 1 aliphatic heterocycles. The monoisotopic (exact) mass is 370 g/mol. The number of ether oxygens (including phenoxy) is 2. The summed E-state index contributed by atoms with van der Waals surface area (Å²) in [6.45, 7) is 0. The van der Waals surface area contributed by atoms with Gasteiger partial charge in [-0.15, -0.1) is 0 Å². The van der Waals surface area contributed by atoms with E-state index >= 15 is 0 Å². The lowest BCUT2D eigenvalue weighted by molar-refractivity contribution is -0.139. The van der Waals surface area contributed by atoms with Crippen LogP contribution in [0.25, 0.3) is 10.9 Å². The number of fused-ring (bicyclic) bond motifs is 1. The Morgan fingerprint density at radius 1 is 1.12 bits per heavy atom. The molecule has 0 bridgehead atoms. The van der Waals surface area contributed by atoms with Gasteiger partial charge in [-0.1, -0.05) is 23.7 Å². The zero-order valence-corrected chi connectivity index (χ0v) is 14.9. The third kappa shape index (κ3) is 3.19. The van der Waals surface area contributed by atoms with Crippen molar-refractivity contribution in [2.24, 2.45) is 0 Å². The molecule has 1 aromatic heterocycles. The average molecular weight is 371 g/mol. The van der Waals surface area contributed by atoms with Crippen LogP contribution in [-0.2, 0) is 19.1 Å². The summed E-state index contributed by atoms with van der Waals surface area (Å²) < 4.78 is 9.68. The highest BCUT2D eigenvalue weighted by molar-refractivity contribution is 6.35. The van der Waals surface area contributed by atoms with Gasteiger partial charge in [0.15, 0.2) is 0 Å². The predicted molar refractivity (Wildman–Crippen MR) is 98.6 cm³/mol. The van der Waals surface area contributed by atoms with Crippen LogP contribution in [-0.4, -0.2) is 31.1 Å². The number of aromatic nitrogens is 1. The second-order valence-corrected chi connectivity index (χ2v) is 5.73. The first-order chi connectivity index (χ1) is 12.6. The minimum atomic E-state index is -0.677. The van der Waals surface area contributed by atoms with Crippen LogP contribution in [0.1, 0.15) is 0 Å². The lowest BCUT2D eigenvalue weighted by Gasteiger charge is -2.23. The van der Waals surface area contributed by atoms with E-state index in [4.69, 9.17) is 21.1 Å². The second-order valence-electron chi connectivity index (χ2n) is 5.32. The molecule has 0 unspecified atom stereocenters. The Labute approximate surface area is 155 Å². The van der Waals surface area contributed by atoms with Gasteiger partial charge in [-0.2, -0.15) is 0 Å². The van der Waals surface area contributed by atoms with E-state index in [1.54, 1.807) is 36.7 Å². The van der Waals surface area contributed by atoms with Crippen molar-refractivity contribution in [1.29, 1.82) is 0 Å². The lowest BCUT2D eigenvalue weighted by Crippen LogP contribution is -2.27. The second kappa shape index (κ2) is 7.41. The molecule has 0 spiro atoms. The molecule has 0 fully saturated rings. The van der Waals surface area contributed by atoms with E-state index < -0.39 is 11.9 Å². The van der Waals surface area contributed by atoms with Gasteiger partial charge in [0, 0.05) is 23.5 Å². The first kappa shape index (κ1) is 17.7. The van der Waals surface area contributed by atoms with E-state index in [9.17, 15) is 9.59 Å². The molecule has 7 heteroatoms. The van der Waals surface area contributed by atoms with E-state index in [1.807, 2.05) is 12.1 Å². The summed E-state index contributed by atoms with van der Waals surface area (Å²) >= 11 is 6.36. The summed E-state index contributed by atoms with van der Waals surface area (Å²) in [6.07, 6.45) is 8.13. The number of hydrogen-bond donors (Lipinski definition) is 0. The van der Waals surface area contributed by atoms with Crippen LogP contribution in [0.4, 0.5) is 5.69 Å². The van der Waals surface area contributed by atoms with Gasteiger partial charge in [0.2, 0.25) is 0 Å². The van der Waals surface area contributed by atoms with Crippen LogP contribution < -0.4 is 4.90 Å².